The molecule has 0 radical (unpaired) electrons. The zero-order valence-corrected chi connectivity index (χ0v) is 19.0. The summed E-state index contributed by atoms with van der Waals surface area (Å²) in [5.41, 5.74) is 10.9. The van der Waals surface area contributed by atoms with E-state index in [1.165, 1.54) is 33.4 Å². The molecule has 0 aliphatic heterocycles. The minimum Gasteiger partial charge on any atom is -0.507 e. The van der Waals surface area contributed by atoms with Gasteiger partial charge in [-0.15, -0.1) is 0 Å². The molecule has 0 atom stereocenters. The summed E-state index contributed by atoms with van der Waals surface area (Å²) >= 11 is 0. The van der Waals surface area contributed by atoms with Crippen LogP contribution in [0.3, 0.4) is 0 Å². The van der Waals surface area contributed by atoms with Crippen molar-refractivity contribution in [2.75, 3.05) is 0 Å². The van der Waals surface area contributed by atoms with Crippen LogP contribution in [0.4, 0.5) is 0 Å². The maximum absolute atomic E-state index is 10.8. The van der Waals surface area contributed by atoms with Crippen LogP contribution in [0.25, 0.3) is 11.1 Å². The summed E-state index contributed by atoms with van der Waals surface area (Å²) in [5.74, 6) is 1.26. The fraction of sp³-hybridized carbons (Fsp3) is 0.241. The van der Waals surface area contributed by atoms with Crippen molar-refractivity contribution < 1.29 is 9.84 Å². The van der Waals surface area contributed by atoms with E-state index in [-0.39, 0.29) is 11.7 Å². The highest BCUT2D eigenvalue weighted by Gasteiger charge is 2.28. The third-order valence-electron chi connectivity index (χ3n) is 6.64. The molecule has 3 aromatic carbocycles. The molecule has 0 amide bonds. The molecule has 1 N–H and O–H groups in total. The fourth-order valence-electron chi connectivity index (χ4n) is 4.53. The SMILES string of the molecule is CC1=C(C)C(c2ccc(C)cc2-c2cc(OCc3ccccc3)ccc2O)C(C)=C1C. The van der Waals surface area contributed by atoms with Crippen molar-refractivity contribution >= 4 is 0 Å². The molecule has 3 aromatic rings. The average molecular weight is 411 g/mol. The van der Waals surface area contributed by atoms with Gasteiger partial charge in [-0.1, -0.05) is 65.2 Å². The topological polar surface area (TPSA) is 29.5 Å². The predicted octanol–water partition coefficient (Wildman–Crippen LogP) is 7.72. The summed E-state index contributed by atoms with van der Waals surface area (Å²) < 4.78 is 6.05. The van der Waals surface area contributed by atoms with Gasteiger partial charge in [0.25, 0.3) is 0 Å². The van der Waals surface area contributed by atoms with E-state index < -0.39 is 0 Å². The highest BCUT2D eigenvalue weighted by molar-refractivity contribution is 5.77. The molecule has 0 saturated carbocycles. The second-order valence-corrected chi connectivity index (χ2v) is 8.59. The van der Waals surface area contributed by atoms with E-state index in [1.807, 2.05) is 30.3 Å². The van der Waals surface area contributed by atoms with Gasteiger partial charge in [-0.2, -0.15) is 0 Å². The monoisotopic (exact) mass is 410 g/mol. The zero-order chi connectivity index (χ0) is 22.1. The number of phenolic OH excluding ortho intramolecular Hbond substituents is 1. The first kappa shape index (κ1) is 21.0. The van der Waals surface area contributed by atoms with Crippen molar-refractivity contribution in [2.45, 2.75) is 47.1 Å². The van der Waals surface area contributed by atoms with Crippen LogP contribution >= 0.6 is 0 Å². The molecule has 0 heterocycles. The Morgan fingerprint density at radius 2 is 1.42 bits per heavy atom. The van der Waals surface area contributed by atoms with Crippen molar-refractivity contribution in [3.8, 4) is 22.6 Å². The van der Waals surface area contributed by atoms with Crippen LogP contribution < -0.4 is 4.74 Å². The van der Waals surface area contributed by atoms with Gasteiger partial charge in [-0.3, -0.25) is 0 Å². The summed E-state index contributed by atoms with van der Waals surface area (Å²) in [6.45, 7) is 11.5. The highest BCUT2D eigenvalue weighted by atomic mass is 16.5. The first-order chi connectivity index (χ1) is 14.9. The van der Waals surface area contributed by atoms with Crippen molar-refractivity contribution in [1.82, 2.24) is 0 Å². The average Bonchev–Trinajstić information content (AvgIpc) is 2.97. The smallest absolute Gasteiger partial charge is 0.123 e. The summed E-state index contributed by atoms with van der Waals surface area (Å²) in [7, 11) is 0. The summed E-state index contributed by atoms with van der Waals surface area (Å²) in [6.07, 6.45) is 0. The Labute approximate surface area is 185 Å². The Balaban J connectivity index is 1.76. The number of aryl methyl sites for hydroxylation is 1. The number of hydrogen-bond acceptors (Lipinski definition) is 2. The van der Waals surface area contributed by atoms with Crippen molar-refractivity contribution in [1.29, 1.82) is 0 Å². The van der Waals surface area contributed by atoms with Gasteiger partial charge in [0.1, 0.15) is 18.1 Å². The summed E-state index contributed by atoms with van der Waals surface area (Å²) in [5, 5.41) is 10.8. The molecule has 0 unspecified atom stereocenters. The molecule has 0 spiro atoms. The van der Waals surface area contributed by atoms with Gasteiger partial charge in [-0.05, 0) is 80.7 Å². The van der Waals surface area contributed by atoms with E-state index in [9.17, 15) is 5.11 Å². The molecule has 2 heteroatoms. The lowest BCUT2D eigenvalue weighted by Gasteiger charge is -2.21. The van der Waals surface area contributed by atoms with Crippen molar-refractivity contribution in [3.63, 3.8) is 0 Å². The van der Waals surface area contributed by atoms with E-state index in [0.717, 1.165) is 22.4 Å². The molecule has 0 fully saturated rings. The van der Waals surface area contributed by atoms with Crippen LogP contribution in [-0.2, 0) is 6.61 Å². The molecular weight excluding hydrogens is 380 g/mol. The van der Waals surface area contributed by atoms with Gasteiger partial charge in [0.2, 0.25) is 0 Å². The number of aromatic hydroxyl groups is 1. The number of rotatable bonds is 5. The number of hydrogen-bond donors (Lipinski definition) is 1. The molecule has 2 nitrogen and oxygen atoms in total. The Morgan fingerprint density at radius 1 is 0.742 bits per heavy atom. The maximum Gasteiger partial charge on any atom is 0.123 e. The van der Waals surface area contributed by atoms with Crippen LogP contribution in [0, 0.1) is 6.92 Å². The van der Waals surface area contributed by atoms with Crippen LogP contribution in [0.2, 0.25) is 0 Å². The van der Waals surface area contributed by atoms with E-state index in [1.54, 1.807) is 6.07 Å². The van der Waals surface area contributed by atoms with Crippen LogP contribution in [0.5, 0.6) is 11.5 Å². The van der Waals surface area contributed by atoms with E-state index in [0.29, 0.717) is 6.61 Å². The second-order valence-electron chi connectivity index (χ2n) is 8.59. The zero-order valence-electron chi connectivity index (χ0n) is 19.0. The standard InChI is InChI=1S/C29H30O2/c1-18-11-13-25(29-21(4)19(2)20(3)22(29)5)26(15-18)27-16-24(12-14-28(27)30)31-17-23-9-7-6-8-10-23/h6-16,29-30H,17H2,1-5H3. The lowest BCUT2D eigenvalue weighted by Crippen LogP contribution is -2.03. The predicted molar refractivity (Wildman–Crippen MR) is 129 cm³/mol. The van der Waals surface area contributed by atoms with Gasteiger partial charge >= 0.3 is 0 Å². The summed E-state index contributed by atoms with van der Waals surface area (Å²) in [6, 6.07) is 22.2. The van der Waals surface area contributed by atoms with Gasteiger partial charge < -0.3 is 9.84 Å². The first-order valence-electron chi connectivity index (χ1n) is 10.8. The molecule has 158 valence electrons. The molecule has 0 aromatic heterocycles. The molecule has 4 rings (SSSR count). The van der Waals surface area contributed by atoms with Crippen LogP contribution in [-0.4, -0.2) is 5.11 Å². The molecule has 31 heavy (non-hydrogen) atoms. The lowest BCUT2D eigenvalue weighted by molar-refractivity contribution is 0.306. The fourth-order valence-corrected chi connectivity index (χ4v) is 4.53. The molecule has 1 aliphatic rings. The van der Waals surface area contributed by atoms with E-state index in [4.69, 9.17) is 4.74 Å². The van der Waals surface area contributed by atoms with Gasteiger partial charge in [0, 0.05) is 11.5 Å². The van der Waals surface area contributed by atoms with Gasteiger partial charge in [0.15, 0.2) is 0 Å². The van der Waals surface area contributed by atoms with Crippen molar-refractivity contribution in [2.24, 2.45) is 0 Å². The minimum absolute atomic E-state index is 0.240. The van der Waals surface area contributed by atoms with E-state index in [2.05, 4.69) is 65.0 Å². The molecule has 0 bridgehead atoms. The third-order valence-corrected chi connectivity index (χ3v) is 6.64. The Hall–Kier alpha value is -3.26. The van der Waals surface area contributed by atoms with Gasteiger partial charge in [0.05, 0.1) is 0 Å². The highest BCUT2D eigenvalue weighted by Crippen LogP contribution is 2.47. The Bertz CT molecular complexity index is 1160. The summed E-state index contributed by atoms with van der Waals surface area (Å²) in [4.78, 5) is 0. The van der Waals surface area contributed by atoms with Crippen LogP contribution in [0.1, 0.15) is 50.3 Å². The minimum atomic E-state index is 0.240. The lowest BCUT2D eigenvalue weighted by atomic mass is 9.83. The molecular formula is C29H30O2. The van der Waals surface area contributed by atoms with E-state index >= 15 is 0 Å². The van der Waals surface area contributed by atoms with Crippen molar-refractivity contribution in [3.05, 3.63) is 106 Å². The molecule has 0 saturated heterocycles. The van der Waals surface area contributed by atoms with Gasteiger partial charge in [-0.25, -0.2) is 0 Å². The number of ether oxygens (including phenoxy) is 1. The normalized spacial score (nSPS) is 14.5. The Morgan fingerprint density at radius 3 is 2.10 bits per heavy atom. The maximum atomic E-state index is 10.8. The number of benzene rings is 3. The van der Waals surface area contributed by atoms with Crippen LogP contribution in [0.15, 0.2) is 89.0 Å². The molecule has 1 aliphatic carbocycles. The quantitative estimate of drug-likeness (QED) is 0.466. The largest absolute Gasteiger partial charge is 0.507 e. The second kappa shape index (κ2) is 8.47. The third kappa shape index (κ3) is 4.03. The Kier molecular flexibility index (Phi) is 5.73. The number of allylic oxidation sites excluding steroid dienone is 4. The number of phenols is 1. The first-order valence-corrected chi connectivity index (χ1v) is 10.8.